The van der Waals surface area contributed by atoms with Crippen LogP contribution in [0.15, 0.2) is 36.4 Å². The van der Waals surface area contributed by atoms with Gasteiger partial charge >= 0.3 is 0 Å². The van der Waals surface area contributed by atoms with Crippen LogP contribution in [0.3, 0.4) is 0 Å². The number of benzene rings is 2. The van der Waals surface area contributed by atoms with Crippen molar-refractivity contribution in [1.82, 2.24) is 10.6 Å². The molecule has 0 fully saturated rings. The minimum absolute atomic E-state index is 0.00353. The van der Waals surface area contributed by atoms with E-state index >= 15 is 0 Å². The van der Waals surface area contributed by atoms with Crippen LogP contribution in [0.25, 0.3) is 0 Å². The van der Waals surface area contributed by atoms with Crippen molar-refractivity contribution in [2.45, 2.75) is 32.5 Å². The molecule has 23 heavy (non-hydrogen) atoms. The van der Waals surface area contributed by atoms with Gasteiger partial charge in [-0.3, -0.25) is 4.79 Å². The molecule has 1 unspecified atom stereocenters. The van der Waals surface area contributed by atoms with E-state index in [4.69, 9.17) is 4.74 Å². The minimum atomic E-state index is -0.00353. The Morgan fingerprint density at radius 2 is 2.04 bits per heavy atom. The van der Waals surface area contributed by atoms with Crippen molar-refractivity contribution < 1.29 is 9.53 Å². The average molecular weight is 308 g/mol. The molecule has 2 aliphatic heterocycles. The van der Waals surface area contributed by atoms with Gasteiger partial charge in [0.2, 0.25) is 0 Å². The molecule has 2 N–H and O–H groups in total. The van der Waals surface area contributed by atoms with Crippen LogP contribution in [0.2, 0.25) is 0 Å². The van der Waals surface area contributed by atoms with Crippen LogP contribution >= 0.6 is 0 Å². The first kappa shape index (κ1) is 14.3. The Bertz CT molecular complexity index is 770. The number of carbonyl (C=O) groups excluding carboxylic acids is 1. The number of hydrogen-bond donors (Lipinski definition) is 2. The Morgan fingerprint density at radius 3 is 2.96 bits per heavy atom. The number of amides is 1. The normalized spacial score (nSPS) is 18.7. The highest BCUT2D eigenvalue weighted by Crippen LogP contribution is 2.27. The largest absolute Gasteiger partial charge is 0.491 e. The average Bonchev–Trinajstić information content (AvgIpc) is 3.04. The Hall–Kier alpha value is -2.33. The van der Waals surface area contributed by atoms with Crippen molar-refractivity contribution in [3.63, 3.8) is 0 Å². The third kappa shape index (κ3) is 2.59. The van der Waals surface area contributed by atoms with Crippen LogP contribution in [0, 0.1) is 6.92 Å². The van der Waals surface area contributed by atoms with Crippen molar-refractivity contribution >= 4 is 5.91 Å². The number of aryl methyl sites for hydroxylation is 1. The lowest BCUT2D eigenvalue weighted by Gasteiger charge is -2.27. The van der Waals surface area contributed by atoms with E-state index in [2.05, 4.69) is 29.7 Å². The standard InChI is InChI=1S/C19H20N2O2/c1-12-4-2-7-18-16(12)8-14(11-23-18)21-19(22)15-6-3-5-13-9-20-10-17(13)15/h2-7,14,20H,8-11H2,1H3,(H,21,22). The summed E-state index contributed by atoms with van der Waals surface area (Å²) in [6.45, 7) is 4.22. The molecule has 1 atom stereocenters. The summed E-state index contributed by atoms with van der Waals surface area (Å²) >= 11 is 0. The summed E-state index contributed by atoms with van der Waals surface area (Å²) in [5.74, 6) is 0.941. The van der Waals surface area contributed by atoms with E-state index in [9.17, 15) is 4.79 Å². The maximum atomic E-state index is 12.7. The number of rotatable bonds is 2. The van der Waals surface area contributed by atoms with Gasteiger partial charge in [-0.2, -0.15) is 0 Å². The summed E-state index contributed by atoms with van der Waals surface area (Å²) in [5.41, 5.74) is 5.54. The lowest BCUT2D eigenvalue weighted by atomic mass is 9.97. The van der Waals surface area contributed by atoms with Crippen LogP contribution in [-0.2, 0) is 19.5 Å². The second-order valence-electron chi connectivity index (χ2n) is 6.28. The third-order valence-electron chi connectivity index (χ3n) is 4.73. The molecule has 0 spiro atoms. The van der Waals surface area contributed by atoms with E-state index in [-0.39, 0.29) is 11.9 Å². The highest BCUT2D eigenvalue weighted by atomic mass is 16.5. The predicted octanol–water partition coefficient (Wildman–Crippen LogP) is 2.33. The van der Waals surface area contributed by atoms with Crippen LogP contribution < -0.4 is 15.4 Å². The fraction of sp³-hybridized carbons (Fsp3) is 0.316. The van der Waals surface area contributed by atoms with Gasteiger partial charge in [-0.15, -0.1) is 0 Å². The zero-order valence-electron chi connectivity index (χ0n) is 13.2. The molecule has 4 nitrogen and oxygen atoms in total. The van der Waals surface area contributed by atoms with E-state index < -0.39 is 0 Å². The molecule has 4 rings (SSSR count). The van der Waals surface area contributed by atoms with Gasteiger partial charge in [0.25, 0.3) is 5.91 Å². The highest BCUT2D eigenvalue weighted by molar-refractivity contribution is 5.96. The molecule has 118 valence electrons. The predicted molar refractivity (Wildman–Crippen MR) is 88.6 cm³/mol. The van der Waals surface area contributed by atoms with E-state index in [0.29, 0.717) is 6.61 Å². The minimum Gasteiger partial charge on any atom is -0.491 e. The van der Waals surface area contributed by atoms with Gasteiger partial charge in [0.05, 0.1) is 6.04 Å². The fourth-order valence-electron chi connectivity index (χ4n) is 3.47. The number of ether oxygens (including phenoxy) is 1. The van der Waals surface area contributed by atoms with Gasteiger partial charge in [-0.25, -0.2) is 0 Å². The molecule has 1 amide bonds. The Kier molecular flexibility index (Phi) is 3.54. The van der Waals surface area contributed by atoms with Gasteiger partial charge in [-0.1, -0.05) is 24.3 Å². The van der Waals surface area contributed by atoms with Crippen LogP contribution in [0.4, 0.5) is 0 Å². The highest BCUT2D eigenvalue weighted by Gasteiger charge is 2.25. The number of carbonyl (C=O) groups is 1. The van der Waals surface area contributed by atoms with Gasteiger partial charge in [0.1, 0.15) is 12.4 Å². The summed E-state index contributed by atoms with van der Waals surface area (Å²) < 4.78 is 5.82. The molecule has 0 aliphatic carbocycles. The molecule has 0 radical (unpaired) electrons. The summed E-state index contributed by atoms with van der Waals surface area (Å²) in [5, 5.41) is 6.44. The molecule has 2 aromatic rings. The zero-order valence-corrected chi connectivity index (χ0v) is 13.2. The molecular weight excluding hydrogens is 288 g/mol. The van der Waals surface area contributed by atoms with Crippen molar-refractivity contribution in [3.8, 4) is 5.75 Å². The van der Waals surface area contributed by atoms with Crippen molar-refractivity contribution in [1.29, 1.82) is 0 Å². The van der Waals surface area contributed by atoms with Crippen molar-refractivity contribution in [2.24, 2.45) is 0 Å². The summed E-state index contributed by atoms with van der Waals surface area (Å²) in [7, 11) is 0. The second-order valence-corrected chi connectivity index (χ2v) is 6.28. The topological polar surface area (TPSA) is 50.4 Å². The van der Waals surface area contributed by atoms with Crippen LogP contribution in [0.1, 0.15) is 32.6 Å². The zero-order chi connectivity index (χ0) is 15.8. The monoisotopic (exact) mass is 308 g/mol. The molecule has 2 aromatic carbocycles. The molecule has 0 bridgehead atoms. The first-order valence-corrected chi connectivity index (χ1v) is 8.06. The first-order chi connectivity index (χ1) is 11.2. The second kappa shape index (κ2) is 5.70. The summed E-state index contributed by atoms with van der Waals surface area (Å²) in [6, 6.07) is 12.0. The van der Waals surface area contributed by atoms with E-state index in [1.165, 1.54) is 16.7 Å². The molecule has 0 saturated heterocycles. The molecular formula is C19H20N2O2. The van der Waals surface area contributed by atoms with Crippen LogP contribution in [0.5, 0.6) is 5.75 Å². The van der Waals surface area contributed by atoms with Gasteiger partial charge in [-0.05, 0) is 47.7 Å². The summed E-state index contributed by atoms with van der Waals surface area (Å²) in [6.07, 6.45) is 0.820. The van der Waals surface area contributed by atoms with Crippen molar-refractivity contribution in [3.05, 3.63) is 64.2 Å². The number of fused-ring (bicyclic) bond motifs is 2. The molecule has 0 aromatic heterocycles. The molecule has 4 heteroatoms. The molecule has 0 saturated carbocycles. The van der Waals surface area contributed by atoms with Gasteiger partial charge in [0.15, 0.2) is 0 Å². The molecule has 2 heterocycles. The Labute approximate surface area is 135 Å². The van der Waals surface area contributed by atoms with Crippen molar-refractivity contribution in [2.75, 3.05) is 6.61 Å². The number of nitrogens with one attached hydrogen (secondary N) is 2. The maximum absolute atomic E-state index is 12.7. The van der Waals surface area contributed by atoms with Crippen LogP contribution in [-0.4, -0.2) is 18.6 Å². The first-order valence-electron chi connectivity index (χ1n) is 8.06. The lowest BCUT2D eigenvalue weighted by molar-refractivity contribution is 0.0914. The molecule has 2 aliphatic rings. The SMILES string of the molecule is Cc1cccc2c1CC(NC(=O)c1cccc3c1CNC3)CO2. The maximum Gasteiger partial charge on any atom is 0.251 e. The number of hydrogen-bond acceptors (Lipinski definition) is 3. The quantitative estimate of drug-likeness (QED) is 0.895. The van der Waals surface area contributed by atoms with Gasteiger partial charge in [0, 0.05) is 18.7 Å². The van der Waals surface area contributed by atoms with Gasteiger partial charge < -0.3 is 15.4 Å². The Balaban J connectivity index is 1.52. The van der Waals surface area contributed by atoms with E-state index in [1.54, 1.807) is 0 Å². The lowest BCUT2D eigenvalue weighted by Crippen LogP contribution is -2.43. The third-order valence-corrected chi connectivity index (χ3v) is 4.73. The smallest absolute Gasteiger partial charge is 0.251 e. The fourth-order valence-corrected chi connectivity index (χ4v) is 3.47. The summed E-state index contributed by atoms with van der Waals surface area (Å²) in [4.78, 5) is 12.7. The Morgan fingerprint density at radius 1 is 1.17 bits per heavy atom. The van der Waals surface area contributed by atoms with E-state index in [0.717, 1.165) is 36.4 Å². The van der Waals surface area contributed by atoms with E-state index in [1.807, 2.05) is 24.3 Å².